The van der Waals surface area contributed by atoms with Crippen molar-refractivity contribution in [2.75, 3.05) is 13.7 Å². The van der Waals surface area contributed by atoms with E-state index in [1.54, 1.807) is 12.1 Å². The topological polar surface area (TPSA) is 69.9 Å². The first-order valence-corrected chi connectivity index (χ1v) is 13.9. The van der Waals surface area contributed by atoms with E-state index in [1.165, 1.54) is 38.3 Å². The van der Waals surface area contributed by atoms with Crippen LogP contribution in [-0.2, 0) is 9.53 Å². The van der Waals surface area contributed by atoms with Gasteiger partial charge in [-0.1, -0.05) is 35.1 Å². The van der Waals surface area contributed by atoms with Crippen molar-refractivity contribution < 1.29 is 27.4 Å². The molecule has 0 unspecified atom stereocenters. The van der Waals surface area contributed by atoms with Crippen LogP contribution in [0.5, 0.6) is 5.75 Å². The molecule has 4 rings (SSSR count). The van der Waals surface area contributed by atoms with E-state index in [0.717, 1.165) is 23.0 Å². The van der Waals surface area contributed by atoms with Crippen LogP contribution in [0, 0.1) is 7.14 Å². The quantitative estimate of drug-likeness (QED) is 0.264. The van der Waals surface area contributed by atoms with Gasteiger partial charge in [0.2, 0.25) is 0 Å². The number of allylic oxidation sites excluding steroid dienone is 1. The Morgan fingerprint density at radius 3 is 2.51 bits per heavy atom. The first-order chi connectivity index (χ1) is 17.5. The van der Waals surface area contributed by atoms with Crippen molar-refractivity contribution in [3.8, 4) is 5.75 Å². The Morgan fingerprint density at radius 1 is 1.24 bits per heavy atom. The number of hydrogen-bond donors (Lipinski definition) is 0. The lowest BCUT2D eigenvalue weighted by atomic mass is 9.95. The van der Waals surface area contributed by atoms with Gasteiger partial charge in [0.05, 0.1) is 33.4 Å². The summed E-state index contributed by atoms with van der Waals surface area (Å²) in [6.07, 6.45) is -3.43. The monoisotopic (exact) mass is 774 g/mol. The first kappa shape index (κ1) is 28.1. The van der Waals surface area contributed by atoms with Crippen molar-refractivity contribution >= 4 is 80.2 Å². The zero-order valence-electron chi connectivity index (χ0n) is 19.0. The molecule has 37 heavy (non-hydrogen) atoms. The Kier molecular flexibility index (Phi) is 8.40. The largest absolute Gasteiger partial charge is 0.495 e. The number of esters is 1. The van der Waals surface area contributed by atoms with Gasteiger partial charge in [0.1, 0.15) is 5.75 Å². The number of alkyl halides is 3. The lowest BCUT2D eigenvalue weighted by molar-refractivity contribution is -0.140. The van der Waals surface area contributed by atoms with E-state index < -0.39 is 35.0 Å². The fraction of sp³-hybridized carbons (Fsp3) is 0.208. The Morgan fingerprint density at radius 2 is 1.92 bits per heavy atom. The van der Waals surface area contributed by atoms with Crippen molar-refractivity contribution in [1.29, 1.82) is 0 Å². The smallest absolute Gasteiger partial charge is 0.434 e. The number of ether oxygens (including phenoxy) is 2. The van der Waals surface area contributed by atoms with Gasteiger partial charge in [0.25, 0.3) is 5.56 Å². The molecule has 13 heteroatoms. The molecule has 0 aliphatic carbocycles. The summed E-state index contributed by atoms with van der Waals surface area (Å²) in [4.78, 5) is 30.1. The van der Waals surface area contributed by atoms with Gasteiger partial charge in [-0.25, -0.2) is 9.79 Å². The molecule has 0 N–H and O–H groups in total. The highest BCUT2D eigenvalue weighted by atomic mass is 127. The molecular weight excluding hydrogens is 759 g/mol. The molecule has 0 bridgehead atoms. The molecule has 0 amide bonds. The van der Waals surface area contributed by atoms with Gasteiger partial charge >= 0.3 is 12.1 Å². The predicted molar refractivity (Wildman–Crippen MR) is 151 cm³/mol. The second kappa shape index (κ2) is 11.1. The molecule has 1 aromatic heterocycles. The minimum absolute atomic E-state index is 0.125. The number of fused-ring (bicyclic) bond motifs is 1. The molecule has 2 heterocycles. The standard InChI is InChI=1S/C24H16ClF3I2N2O4S/c1-3-36-22(34)17-18(11-4-6-13(25)7-5-11)32-21(33)16(37-23(32)31-20(17)24(26,27)28)9-12-8-14(29)10-15(30)19(12)35-2/h4-10,18H,3H2,1-2H3/b16-9-/t18-/m0/s1. The van der Waals surface area contributed by atoms with Gasteiger partial charge in [0, 0.05) is 14.2 Å². The lowest BCUT2D eigenvalue weighted by Gasteiger charge is -2.26. The summed E-state index contributed by atoms with van der Waals surface area (Å²) >= 11 is 11.0. The number of hydrogen-bond acceptors (Lipinski definition) is 6. The van der Waals surface area contributed by atoms with Gasteiger partial charge in [-0.05, 0) is 88.0 Å². The highest BCUT2D eigenvalue weighted by Crippen LogP contribution is 2.38. The van der Waals surface area contributed by atoms with Gasteiger partial charge in [-0.2, -0.15) is 13.2 Å². The second-order valence-electron chi connectivity index (χ2n) is 7.62. The molecular formula is C24H16ClF3I2N2O4S. The summed E-state index contributed by atoms with van der Waals surface area (Å²) in [5, 5.41) is 0.342. The number of aromatic nitrogens is 1. The average Bonchev–Trinajstić information content (AvgIpc) is 3.13. The van der Waals surface area contributed by atoms with Crippen molar-refractivity contribution in [2.45, 2.75) is 19.1 Å². The van der Waals surface area contributed by atoms with Crippen LogP contribution in [0.3, 0.4) is 0 Å². The van der Waals surface area contributed by atoms with E-state index in [-0.39, 0.29) is 21.5 Å². The number of rotatable bonds is 5. The number of carbonyl (C=O) groups excluding carboxylic acids is 1. The first-order valence-electron chi connectivity index (χ1n) is 10.5. The van der Waals surface area contributed by atoms with E-state index in [2.05, 4.69) is 50.2 Å². The zero-order chi connectivity index (χ0) is 27.1. The molecule has 194 valence electrons. The number of halogens is 6. The molecule has 2 aromatic carbocycles. The van der Waals surface area contributed by atoms with Crippen LogP contribution in [-0.4, -0.2) is 30.4 Å². The number of nitrogens with zero attached hydrogens (tertiary/aromatic N) is 2. The number of benzene rings is 2. The Bertz CT molecular complexity index is 1600. The van der Waals surface area contributed by atoms with E-state index in [0.29, 0.717) is 16.3 Å². The van der Waals surface area contributed by atoms with Crippen LogP contribution in [0.15, 0.2) is 57.5 Å². The van der Waals surface area contributed by atoms with Crippen LogP contribution in [0.1, 0.15) is 24.1 Å². The SMILES string of the molecule is CCOC(=O)C1=C(C(F)(F)F)N=c2s/c(=C\c3cc(I)cc(I)c3OC)c(=O)n2[C@H]1c1ccc(Cl)cc1. The second-order valence-corrected chi connectivity index (χ2v) is 11.5. The molecule has 0 spiro atoms. The zero-order valence-corrected chi connectivity index (χ0v) is 24.9. The predicted octanol–water partition coefficient (Wildman–Crippen LogP) is 5.21. The third-order valence-electron chi connectivity index (χ3n) is 5.31. The van der Waals surface area contributed by atoms with Crippen LogP contribution < -0.4 is 19.6 Å². The highest BCUT2D eigenvalue weighted by Gasteiger charge is 2.45. The number of thiazole rings is 1. The van der Waals surface area contributed by atoms with E-state index >= 15 is 0 Å². The minimum Gasteiger partial charge on any atom is -0.495 e. The minimum atomic E-state index is -4.98. The maximum atomic E-state index is 14.2. The third-order valence-corrected chi connectivity index (χ3v) is 7.97. The third kappa shape index (κ3) is 5.61. The summed E-state index contributed by atoms with van der Waals surface area (Å²) in [6, 6.07) is 8.14. The lowest BCUT2D eigenvalue weighted by Crippen LogP contribution is -2.41. The molecule has 1 aliphatic rings. The normalized spacial score (nSPS) is 15.9. The van der Waals surface area contributed by atoms with Crippen molar-refractivity contribution in [2.24, 2.45) is 4.99 Å². The van der Waals surface area contributed by atoms with Crippen LogP contribution >= 0.6 is 68.1 Å². The maximum absolute atomic E-state index is 14.2. The number of carbonyl (C=O) groups is 1. The molecule has 3 aromatic rings. The van der Waals surface area contributed by atoms with E-state index in [9.17, 15) is 22.8 Å². The Hall–Kier alpha value is -1.91. The molecule has 0 saturated heterocycles. The van der Waals surface area contributed by atoms with Gasteiger partial charge in [-0.3, -0.25) is 9.36 Å². The van der Waals surface area contributed by atoms with E-state index in [4.69, 9.17) is 21.1 Å². The van der Waals surface area contributed by atoms with Crippen molar-refractivity contribution in [1.82, 2.24) is 4.57 Å². The molecule has 0 saturated carbocycles. The molecule has 6 nitrogen and oxygen atoms in total. The maximum Gasteiger partial charge on any atom is 0.434 e. The molecule has 0 radical (unpaired) electrons. The summed E-state index contributed by atoms with van der Waals surface area (Å²) in [6.45, 7) is 1.32. The van der Waals surface area contributed by atoms with Crippen LogP contribution in [0.4, 0.5) is 13.2 Å². The molecule has 0 fully saturated rings. The Labute approximate surface area is 244 Å². The Balaban J connectivity index is 2.07. The van der Waals surface area contributed by atoms with Crippen molar-refractivity contribution in [3.05, 3.63) is 90.6 Å². The van der Waals surface area contributed by atoms with Gasteiger partial charge in [-0.15, -0.1) is 0 Å². The fourth-order valence-electron chi connectivity index (χ4n) is 3.84. The summed E-state index contributed by atoms with van der Waals surface area (Å²) in [7, 11) is 1.49. The van der Waals surface area contributed by atoms with E-state index in [1.807, 2.05) is 6.07 Å². The van der Waals surface area contributed by atoms with Crippen LogP contribution in [0.25, 0.3) is 6.08 Å². The fourth-order valence-corrected chi connectivity index (χ4v) is 7.07. The summed E-state index contributed by atoms with van der Waals surface area (Å²) < 4.78 is 55.9. The van der Waals surface area contributed by atoms with Crippen molar-refractivity contribution in [3.63, 3.8) is 0 Å². The average molecular weight is 775 g/mol. The summed E-state index contributed by atoms with van der Waals surface area (Å²) in [5.74, 6) is -0.689. The van der Waals surface area contributed by atoms with Gasteiger partial charge < -0.3 is 9.47 Å². The molecule has 1 atom stereocenters. The summed E-state index contributed by atoms with van der Waals surface area (Å²) in [5.41, 5.74) is -1.95. The molecule has 1 aliphatic heterocycles. The van der Waals surface area contributed by atoms with Crippen LogP contribution in [0.2, 0.25) is 5.02 Å². The van der Waals surface area contributed by atoms with Gasteiger partial charge in [0.15, 0.2) is 10.5 Å². The highest BCUT2D eigenvalue weighted by molar-refractivity contribution is 14.1. The number of methoxy groups -OCH3 is 1.